The minimum absolute atomic E-state index is 0.610. The van der Waals surface area contributed by atoms with Crippen molar-refractivity contribution in [2.75, 3.05) is 6.61 Å². The molecule has 0 atom stereocenters. The normalized spacial score (nSPS) is 12.0. The van der Waals surface area contributed by atoms with Crippen molar-refractivity contribution in [3.8, 4) is 0 Å². The SMILES string of the molecule is C[Si](C)(C)CCOCn1ccc2c(Sc3cccc(Cl)c3)cccc21. The highest BCUT2D eigenvalue weighted by atomic mass is 35.5. The van der Waals surface area contributed by atoms with E-state index in [1.807, 2.05) is 18.2 Å². The number of rotatable bonds is 7. The second-order valence-electron chi connectivity index (χ2n) is 7.38. The largest absolute Gasteiger partial charge is 0.361 e. The van der Waals surface area contributed by atoms with Crippen molar-refractivity contribution in [3.05, 3.63) is 59.8 Å². The lowest BCUT2D eigenvalue weighted by Gasteiger charge is -2.15. The van der Waals surface area contributed by atoms with E-state index >= 15 is 0 Å². The van der Waals surface area contributed by atoms with Gasteiger partial charge in [0.25, 0.3) is 0 Å². The first-order valence-corrected chi connectivity index (χ1v) is 13.4. The molecule has 0 radical (unpaired) electrons. The maximum atomic E-state index is 6.11. The van der Waals surface area contributed by atoms with E-state index in [1.54, 1.807) is 11.8 Å². The minimum Gasteiger partial charge on any atom is -0.361 e. The molecule has 1 heterocycles. The summed E-state index contributed by atoms with van der Waals surface area (Å²) < 4.78 is 8.09. The first-order valence-electron chi connectivity index (χ1n) is 8.51. The Balaban J connectivity index is 1.73. The molecule has 132 valence electrons. The van der Waals surface area contributed by atoms with E-state index < -0.39 is 8.07 Å². The Labute approximate surface area is 160 Å². The van der Waals surface area contributed by atoms with Gasteiger partial charge in [-0.1, -0.05) is 55.1 Å². The Morgan fingerprint density at radius 2 is 1.88 bits per heavy atom. The summed E-state index contributed by atoms with van der Waals surface area (Å²) in [7, 11) is -1.04. The quantitative estimate of drug-likeness (QED) is 0.327. The fourth-order valence-electron chi connectivity index (χ4n) is 2.60. The van der Waals surface area contributed by atoms with Crippen molar-refractivity contribution >= 4 is 42.3 Å². The summed E-state index contributed by atoms with van der Waals surface area (Å²) in [5, 5.41) is 2.02. The van der Waals surface area contributed by atoms with Gasteiger partial charge in [0.15, 0.2) is 0 Å². The van der Waals surface area contributed by atoms with Crippen LogP contribution in [0.5, 0.6) is 0 Å². The van der Waals surface area contributed by atoms with Crippen LogP contribution in [0.4, 0.5) is 0 Å². The zero-order valence-electron chi connectivity index (χ0n) is 15.0. The van der Waals surface area contributed by atoms with Crippen LogP contribution in [-0.2, 0) is 11.5 Å². The zero-order chi connectivity index (χ0) is 17.9. The summed E-state index contributed by atoms with van der Waals surface area (Å²) in [6.45, 7) is 8.58. The number of nitrogens with zero attached hydrogens (tertiary/aromatic N) is 1. The van der Waals surface area contributed by atoms with Gasteiger partial charge >= 0.3 is 0 Å². The maximum Gasteiger partial charge on any atom is 0.122 e. The summed E-state index contributed by atoms with van der Waals surface area (Å²) >= 11 is 7.85. The van der Waals surface area contributed by atoms with Crippen molar-refractivity contribution < 1.29 is 4.74 Å². The fourth-order valence-corrected chi connectivity index (χ4v) is 4.62. The van der Waals surface area contributed by atoms with E-state index in [1.165, 1.54) is 21.8 Å². The average molecular weight is 390 g/mol. The first kappa shape index (κ1) is 18.6. The number of aromatic nitrogens is 1. The molecular formula is C20H24ClNOSSi. The van der Waals surface area contributed by atoms with Gasteiger partial charge in [0.1, 0.15) is 6.73 Å². The van der Waals surface area contributed by atoms with Gasteiger partial charge in [-0.15, -0.1) is 0 Å². The summed E-state index contributed by atoms with van der Waals surface area (Å²) in [4.78, 5) is 2.39. The van der Waals surface area contributed by atoms with Crippen LogP contribution in [0.15, 0.2) is 64.5 Å². The highest BCUT2D eigenvalue weighted by molar-refractivity contribution is 7.99. The molecule has 0 saturated heterocycles. The molecule has 0 aliphatic rings. The van der Waals surface area contributed by atoms with Crippen molar-refractivity contribution in [1.29, 1.82) is 0 Å². The molecule has 25 heavy (non-hydrogen) atoms. The molecule has 3 rings (SSSR count). The van der Waals surface area contributed by atoms with Crippen molar-refractivity contribution in [1.82, 2.24) is 4.57 Å². The van der Waals surface area contributed by atoms with E-state index in [0.717, 1.165) is 16.5 Å². The summed E-state index contributed by atoms with van der Waals surface area (Å²) in [6.07, 6.45) is 2.11. The lowest BCUT2D eigenvalue weighted by molar-refractivity contribution is 0.0902. The molecule has 0 unspecified atom stereocenters. The van der Waals surface area contributed by atoms with Crippen LogP contribution in [0.1, 0.15) is 0 Å². The molecule has 1 aromatic heterocycles. The average Bonchev–Trinajstić information content (AvgIpc) is 2.95. The number of ether oxygens (including phenoxy) is 1. The molecule has 0 fully saturated rings. The Morgan fingerprint density at radius 3 is 2.64 bits per heavy atom. The maximum absolute atomic E-state index is 6.11. The smallest absolute Gasteiger partial charge is 0.122 e. The zero-order valence-corrected chi connectivity index (χ0v) is 17.5. The van der Waals surface area contributed by atoms with Crippen LogP contribution in [0, 0.1) is 0 Å². The van der Waals surface area contributed by atoms with Crippen molar-refractivity contribution in [2.24, 2.45) is 0 Å². The van der Waals surface area contributed by atoms with Crippen LogP contribution in [0.25, 0.3) is 10.9 Å². The minimum atomic E-state index is -1.04. The van der Waals surface area contributed by atoms with E-state index in [9.17, 15) is 0 Å². The summed E-state index contributed by atoms with van der Waals surface area (Å²) in [6, 6.07) is 17.8. The van der Waals surface area contributed by atoms with Crippen LogP contribution in [0.2, 0.25) is 30.7 Å². The van der Waals surface area contributed by atoms with Gasteiger partial charge in [0.05, 0.1) is 5.52 Å². The van der Waals surface area contributed by atoms with Crippen molar-refractivity contribution in [3.63, 3.8) is 0 Å². The molecule has 3 aromatic rings. The molecule has 0 aliphatic carbocycles. The van der Waals surface area contributed by atoms with Gasteiger partial charge < -0.3 is 9.30 Å². The summed E-state index contributed by atoms with van der Waals surface area (Å²) in [5.74, 6) is 0. The molecule has 0 bridgehead atoms. The molecule has 0 saturated carbocycles. The molecule has 0 amide bonds. The topological polar surface area (TPSA) is 14.2 Å². The van der Waals surface area contributed by atoms with Crippen LogP contribution < -0.4 is 0 Å². The molecule has 0 N–H and O–H groups in total. The predicted molar refractivity (Wildman–Crippen MR) is 112 cm³/mol. The molecule has 2 nitrogen and oxygen atoms in total. The van der Waals surface area contributed by atoms with Gasteiger partial charge in [0.2, 0.25) is 0 Å². The molecule has 0 spiro atoms. The van der Waals surface area contributed by atoms with Crippen molar-refractivity contribution in [2.45, 2.75) is 42.2 Å². The third-order valence-electron chi connectivity index (χ3n) is 4.02. The van der Waals surface area contributed by atoms with Crippen LogP contribution in [-0.4, -0.2) is 19.2 Å². The van der Waals surface area contributed by atoms with Gasteiger partial charge in [-0.2, -0.15) is 0 Å². The predicted octanol–water partition coefficient (Wildman–Crippen LogP) is 6.76. The second-order valence-corrected chi connectivity index (χ2v) is 14.6. The van der Waals surface area contributed by atoms with Gasteiger partial charge in [-0.25, -0.2) is 0 Å². The second kappa shape index (κ2) is 8.00. The first-order chi connectivity index (χ1) is 11.9. The number of fused-ring (bicyclic) bond motifs is 1. The van der Waals surface area contributed by atoms with Gasteiger partial charge in [-0.05, 0) is 42.4 Å². The Bertz CT molecular complexity index is 856. The highest BCUT2D eigenvalue weighted by Crippen LogP contribution is 2.34. The number of hydrogen-bond acceptors (Lipinski definition) is 2. The van der Waals surface area contributed by atoms with Gasteiger partial charge in [-0.3, -0.25) is 0 Å². The third kappa shape index (κ3) is 5.14. The van der Waals surface area contributed by atoms with Gasteiger partial charge in [0, 0.05) is 41.1 Å². The lowest BCUT2D eigenvalue weighted by Crippen LogP contribution is -2.21. The lowest BCUT2D eigenvalue weighted by atomic mass is 10.2. The highest BCUT2D eigenvalue weighted by Gasteiger charge is 2.12. The Kier molecular flexibility index (Phi) is 5.95. The van der Waals surface area contributed by atoms with E-state index in [-0.39, 0.29) is 0 Å². The van der Waals surface area contributed by atoms with E-state index in [4.69, 9.17) is 16.3 Å². The molecular weight excluding hydrogens is 366 g/mol. The number of halogens is 1. The molecule has 2 aromatic carbocycles. The molecule has 5 heteroatoms. The van der Waals surface area contributed by atoms with Crippen LogP contribution >= 0.6 is 23.4 Å². The monoisotopic (exact) mass is 389 g/mol. The Hall–Kier alpha value is -1.20. The summed E-state index contributed by atoms with van der Waals surface area (Å²) in [5.41, 5.74) is 1.21. The fraction of sp³-hybridized carbons (Fsp3) is 0.300. The van der Waals surface area contributed by atoms with Crippen LogP contribution in [0.3, 0.4) is 0 Å². The standard InChI is InChI=1S/C20H24ClNOSSi/c1-25(2,3)13-12-23-15-22-11-10-18-19(22)8-5-9-20(18)24-17-7-4-6-16(21)14-17/h4-11,14H,12-13,15H2,1-3H3. The Morgan fingerprint density at radius 1 is 1.08 bits per heavy atom. The number of hydrogen-bond donors (Lipinski definition) is 0. The van der Waals surface area contributed by atoms with E-state index in [2.05, 4.69) is 60.7 Å². The van der Waals surface area contributed by atoms with E-state index in [0.29, 0.717) is 6.73 Å². The molecule has 0 aliphatic heterocycles. The number of benzene rings is 2. The third-order valence-corrected chi connectivity index (χ3v) is 7.03.